The fraction of sp³-hybridized carbons (Fsp3) is 0.286. The average molecular weight is 461 g/mol. The first kappa shape index (κ1) is 22.0. The maximum atomic E-state index is 12.4. The molecule has 0 saturated carbocycles. The van der Waals surface area contributed by atoms with Crippen LogP contribution in [-0.4, -0.2) is 59.3 Å². The van der Waals surface area contributed by atoms with E-state index >= 15 is 0 Å². The lowest BCUT2D eigenvalue weighted by molar-refractivity contribution is -0.113. The van der Waals surface area contributed by atoms with Crippen LogP contribution < -0.4 is 15.0 Å². The van der Waals surface area contributed by atoms with Gasteiger partial charge in [0.25, 0.3) is 0 Å². The zero-order valence-corrected chi connectivity index (χ0v) is 17.8. The first-order valence-electron chi connectivity index (χ1n) is 9.91. The number of thioether (sulfide) groups is 1. The van der Waals surface area contributed by atoms with Crippen molar-refractivity contribution < 1.29 is 23.0 Å². The first-order valence-corrected chi connectivity index (χ1v) is 10.9. The molecular formula is C21H21F2N5O3S. The van der Waals surface area contributed by atoms with Crippen LogP contribution in [0.2, 0.25) is 0 Å². The summed E-state index contributed by atoms with van der Waals surface area (Å²) in [6, 6.07) is 15.5. The van der Waals surface area contributed by atoms with Crippen molar-refractivity contribution in [1.29, 1.82) is 0 Å². The number of rotatable bonds is 8. The number of hydrogen-bond acceptors (Lipinski definition) is 7. The number of aromatic nitrogens is 3. The summed E-state index contributed by atoms with van der Waals surface area (Å²) in [7, 11) is 0. The maximum absolute atomic E-state index is 12.4. The van der Waals surface area contributed by atoms with Gasteiger partial charge in [0.2, 0.25) is 11.9 Å². The molecule has 1 aliphatic rings. The van der Waals surface area contributed by atoms with E-state index in [-0.39, 0.29) is 17.4 Å². The maximum Gasteiger partial charge on any atom is 0.387 e. The second-order valence-corrected chi connectivity index (χ2v) is 7.74. The lowest BCUT2D eigenvalue weighted by Gasteiger charge is -2.27. The van der Waals surface area contributed by atoms with Crippen LogP contribution >= 0.6 is 11.8 Å². The van der Waals surface area contributed by atoms with Gasteiger partial charge in [-0.2, -0.15) is 8.78 Å². The molecule has 0 bridgehead atoms. The highest BCUT2D eigenvalue weighted by Crippen LogP contribution is 2.27. The Morgan fingerprint density at radius 3 is 2.50 bits per heavy atom. The monoisotopic (exact) mass is 461 g/mol. The van der Waals surface area contributed by atoms with Gasteiger partial charge >= 0.3 is 6.61 Å². The Bertz CT molecular complexity index is 1030. The van der Waals surface area contributed by atoms with Crippen LogP contribution in [0.25, 0.3) is 5.69 Å². The molecule has 0 spiro atoms. The number of nitrogens with zero attached hydrogens (tertiary/aromatic N) is 4. The largest absolute Gasteiger partial charge is 0.435 e. The molecule has 1 aromatic heterocycles. The Labute approximate surface area is 187 Å². The topological polar surface area (TPSA) is 81.5 Å². The van der Waals surface area contributed by atoms with Crippen LogP contribution in [0.3, 0.4) is 0 Å². The first-order chi connectivity index (χ1) is 15.6. The van der Waals surface area contributed by atoms with E-state index < -0.39 is 6.61 Å². The van der Waals surface area contributed by atoms with Crippen molar-refractivity contribution in [3.63, 3.8) is 0 Å². The predicted octanol–water partition coefficient (Wildman–Crippen LogP) is 3.44. The Balaban J connectivity index is 1.44. The van der Waals surface area contributed by atoms with E-state index in [1.165, 1.54) is 36.0 Å². The number of carbonyl (C=O) groups is 1. The Morgan fingerprint density at radius 2 is 1.81 bits per heavy atom. The molecule has 1 saturated heterocycles. The normalized spacial score (nSPS) is 13.9. The Hall–Kier alpha value is -3.18. The third-order valence-electron chi connectivity index (χ3n) is 4.62. The number of benzene rings is 2. The number of ether oxygens (including phenoxy) is 2. The average Bonchev–Trinajstić information content (AvgIpc) is 3.24. The van der Waals surface area contributed by atoms with Crippen molar-refractivity contribution in [3.8, 4) is 11.4 Å². The highest BCUT2D eigenvalue weighted by Gasteiger charge is 2.22. The molecule has 8 nitrogen and oxygen atoms in total. The van der Waals surface area contributed by atoms with E-state index in [1.807, 2.05) is 34.9 Å². The molecule has 32 heavy (non-hydrogen) atoms. The van der Waals surface area contributed by atoms with Gasteiger partial charge in [-0.3, -0.25) is 9.36 Å². The molecule has 1 N–H and O–H groups in total. The number of halogens is 2. The van der Waals surface area contributed by atoms with Crippen LogP contribution in [0.4, 0.5) is 20.4 Å². The Morgan fingerprint density at radius 1 is 1.09 bits per heavy atom. The van der Waals surface area contributed by atoms with Gasteiger partial charge in [-0.05, 0) is 36.4 Å². The van der Waals surface area contributed by atoms with Crippen LogP contribution in [0.1, 0.15) is 0 Å². The minimum atomic E-state index is -2.89. The minimum absolute atomic E-state index is 0.0268. The molecule has 1 fully saturated rings. The van der Waals surface area contributed by atoms with Crippen LogP contribution in [0.15, 0.2) is 59.8 Å². The number of hydrogen-bond donors (Lipinski definition) is 1. The Kier molecular flexibility index (Phi) is 7.17. The van der Waals surface area contributed by atoms with Crippen molar-refractivity contribution >= 4 is 29.3 Å². The summed E-state index contributed by atoms with van der Waals surface area (Å²) in [5.74, 6) is 0.577. The van der Waals surface area contributed by atoms with Gasteiger partial charge in [0.05, 0.1) is 24.7 Å². The molecule has 2 aromatic carbocycles. The van der Waals surface area contributed by atoms with Crippen molar-refractivity contribution in [1.82, 2.24) is 14.8 Å². The smallest absolute Gasteiger partial charge is 0.387 e. The molecule has 0 aliphatic carbocycles. The third kappa shape index (κ3) is 5.54. The second kappa shape index (κ2) is 10.4. The number of anilines is 2. The lowest BCUT2D eigenvalue weighted by atomic mass is 10.3. The molecule has 168 valence electrons. The molecule has 2 heterocycles. The minimum Gasteiger partial charge on any atom is -0.435 e. The van der Waals surface area contributed by atoms with Gasteiger partial charge in [0.1, 0.15) is 5.75 Å². The number of nitrogens with one attached hydrogen (secondary N) is 1. The molecule has 1 amide bonds. The summed E-state index contributed by atoms with van der Waals surface area (Å²) in [6.07, 6.45) is 0. The van der Waals surface area contributed by atoms with Gasteiger partial charge in [-0.15, -0.1) is 10.2 Å². The van der Waals surface area contributed by atoms with Gasteiger partial charge in [0, 0.05) is 18.8 Å². The van der Waals surface area contributed by atoms with E-state index in [9.17, 15) is 13.6 Å². The third-order valence-corrected chi connectivity index (χ3v) is 5.55. The van der Waals surface area contributed by atoms with E-state index in [4.69, 9.17) is 4.74 Å². The van der Waals surface area contributed by atoms with Gasteiger partial charge in [0.15, 0.2) is 5.16 Å². The zero-order chi connectivity index (χ0) is 22.3. The highest BCUT2D eigenvalue weighted by molar-refractivity contribution is 7.99. The van der Waals surface area contributed by atoms with E-state index in [0.717, 1.165) is 5.69 Å². The van der Waals surface area contributed by atoms with Crippen molar-refractivity contribution in [3.05, 3.63) is 54.6 Å². The summed E-state index contributed by atoms with van der Waals surface area (Å²) in [4.78, 5) is 14.5. The summed E-state index contributed by atoms with van der Waals surface area (Å²) < 4.78 is 36.2. The van der Waals surface area contributed by atoms with E-state index in [1.54, 1.807) is 0 Å². The van der Waals surface area contributed by atoms with Gasteiger partial charge in [-0.1, -0.05) is 30.0 Å². The SMILES string of the molecule is O=C(CSc1nnc(N2CCOCC2)n1-c1ccccc1)Nc1ccc(OC(F)F)cc1. The number of para-hydroxylation sites is 1. The number of amides is 1. The molecule has 4 rings (SSSR count). The molecule has 0 radical (unpaired) electrons. The van der Waals surface area contributed by atoms with Gasteiger partial charge in [-0.25, -0.2) is 0 Å². The van der Waals surface area contributed by atoms with Crippen molar-refractivity contribution in [2.45, 2.75) is 11.8 Å². The number of morpholine rings is 1. The summed E-state index contributed by atoms with van der Waals surface area (Å²) in [5.41, 5.74) is 1.38. The summed E-state index contributed by atoms with van der Waals surface area (Å²) >= 11 is 1.26. The molecule has 3 aromatic rings. The van der Waals surface area contributed by atoms with Crippen LogP contribution in [0.5, 0.6) is 5.75 Å². The predicted molar refractivity (Wildman–Crippen MR) is 117 cm³/mol. The van der Waals surface area contributed by atoms with E-state index in [2.05, 4.69) is 25.2 Å². The highest BCUT2D eigenvalue weighted by atomic mass is 32.2. The van der Waals surface area contributed by atoms with Crippen molar-refractivity contribution in [2.75, 3.05) is 42.3 Å². The fourth-order valence-electron chi connectivity index (χ4n) is 3.17. The van der Waals surface area contributed by atoms with E-state index in [0.29, 0.717) is 43.1 Å². The van der Waals surface area contributed by atoms with Crippen molar-refractivity contribution in [2.24, 2.45) is 0 Å². The van der Waals surface area contributed by atoms with Crippen LogP contribution in [0, 0.1) is 0 Å². The molecular weight excluding hydrogens is 440 g/mol. The molecule has 1 aliphatic heterocycles. The summed E-state index contributed by atoms with van der Waals surface area (Å²) in [6.45, 7) is -0.236. The summed E-state index contributed by atoms with van der Waals surface area (Å²) in [5, 5.41) is 12.0. The number of carbonyl (C=O) groups excluding carboxylic acids is 1. The lowest BCUT2D eigenvalue weighted by Crippen LogP contribution is -2.37. The second-order valence-electron chi connectivity index (χ2n) is 6.79. The molecule has 0 unspecified atom stereocenters. The van der Waals surface area contributed by atoms with Crippen LogP contribution in [-0.2, 0) is 9.53 Å². The molecule has 11 heteroatoms. The quantitative estimate of drug-likeness (QED) is 0.515. The zero-order valence-electron chi connectivity index (χ0n) is 17.0. The standard InChI is InChI=1S/C21H21F2N5O3S/c22-19(23)31-17-8-6-15(7-9-17)24-18(29)14-32-21-26-25-20(27-10-12-30-13-11-27)28(21)16-4-2-1-3-5-16/h1-9,19H,10-14H2,(H,24,29). The molecule has 0 atom stereocenters. The fourth-order valence-corrected chi connectivity index (χ4v) is 3.92. The van der Waals surface area contributed by atoms with Gasteiger partial charge < -0.3 is 19.7 Å². The number of alkyl halides is 2.